The van der Waals surface area contributed by atoms with Gasteiger partial charge in [-0.05, 0) is 153 Å². The molecule has 0 bridgehead atoms. The summed E-state index contributed by atoms with van der Waals surface area (Å²) in [5, 5.41) is 0. The van der Waals surface area contributed by atoms with Crippen molar-refractivity contribution in [3.63, 3.8) is 0 Å². The van der Waals surface area contributed by atoms with E-state index in [0.29, 0.717) is 13.2 Å². The third-order valence-corrected chi connectivity index (χ3v) is 15.0. The van der Waals surface area contributed by atoms with Crippen molar-refractivity contribution in [2.24, 2.45) is 0 Å². The lowest BCUT2D eigenvalue weighted by Crippen LogP contribution is -2.15. The van der Waals surface area contributed by atoms with Crippen LogP contribution < -0.4 is 19.3 Å². The number of ether oxygens (including phenoxy) is 2. The summed E-state index contributed by atoms with van der Waals surface area (Å²) < 4.78 is 13.1. The van der Waals surface area contributed by atoms with Gasteiger partial charge >= 0.3 is 0 Å². The van der Waals surface area contributed by atoms with Crippen molar-refractivity contribution in [3.05, 3.63) is 266 Å². The molecule has 0 fully saturated rings. The molecule has 1 aliphatic rings. The number of rotatable bonds is 12. The van der Waals surface area contributed by atoms with E-state index in [1.54, 1.807) is 11.3 Å². The minimum absolute atomic E-state index is 0.498. The van der Waals surface area contributed by atoms with E-state index in [4.69, 9.17) is 9.47 Å². The third-order valence-electron chi connectivity index (χ3n) is 13.8. The summed E-state index contributed by atoms with van der Waals surface area (Å²) >= 11 is 1.74. The predicted molar refractivity (Wildman–Crippen MR) is 307 cm³/mol. The number of nitrogens with zero attached hydrogens (tertiary/aromatic N) is 2. The Bertz CT molecular complexity index is 3240. The lowest BCUT2D eigenvalue weighted by atomic mass is 10.0. The molecule has 4 nitrogen and oxygen atoms in total. The quantitative estimate of drug-likeness (QED) is 0.122. The van der Waals surface area contributed by atoms with Crippen LogP contribution >= 0.6 is 11.3 Å². The van der Waals surface area contributed by atoms with Gasteiger partial charge in [0.1, 0.15) is 13.2 Å². The van der Waals surface area contributed by atoms with Gasteiger partial charge in [-0.25, -0.2) is 0 Å². The zero-order chi connectivity index (χ0) is 49.1. The molecule has 1 aliphatic heterocycles. The molecule has 0 saturated heterocycles. The van der Waals surface area contributed by atoms with Gasteiger partial charge in [-0.15, -0.1) is 11.3 Å². The maximum absolute atomic E-state index is 6.55. The van der Waals surface area contributed by atoms with Crippen molar-refractivity contribution in [2.75, 3.05) is 23.0 Å². The van der Waals surface area contributed by atoms with Gasteiger partial charge in [-0.3, -0.25) is 0 Å². The molecule has 10 aromatic carbocycles. The first-order chi connectivity index (χ1) is 36.0. The highest BCUT2D eigenvalue weighted by Crippen LogP contribution is 2.55. The molecule has 0 unspecified atom stereocenters. The smallest absolute Gasteiger partial charge is 0.180 e. The Kier molecular flexibility index (Phi) is 12.4. The number of thiophene rings is 1. The lowest BCUT2D eigenvalue weighted by molar-refractivity contribution is 0.175. The van der Waals surface area contributed by atoms with Crippen molar-refractivity contribution in [2.45, 2.75) is 13.8 Å². The molecule has 0 N–H and O–H groups in total. The van der Waals surface area contributed by atoms with Gasteiger partial charge in [-0.2, -0.15) is 0 Å². The van der Waals surface area contributed by atoms with Crippen LogP contribution in [0.2, 0.25) is 0 Å². The van der Waals surface area contributed by atoms with Crippen molar-refractivity contribution < 1.29 is 9.47 Å². The zero-order valence-corrected chi connectivity index (χ0v) is 41.6. The number of aryl methyl sites for hydroxylation is 2. The predicted octanol–water partition coefficient (Wildman–Crippen LogP) is 19.1. The number of anilines is 6. The van der Waals surface area contributed by atoms with E-state index in [0.717, 1.165) is 77.6 Å². The van der Waals surface area contributed by atoms with E-state index in [1.165, 1.54) is 44.5 Å². The average molecular weight is 961 g/mol. The molecule has 1 aromatic heterocycles. The van der Waals surface area contributed by atoms with Crippen LogP contribution in [0.3, 0.4) is 0 Å². The van der Waals surface area contributed by atoms with E-state index < -0.39 is 0 Å². The zero-order valence-electron chi connectivity index (χ0n) is 40.8. The molecule has 0 atom stereocenters. The van der Waals surface area contributed by atoms with Crippen molar-refractivity contribution >= 4 is 45.5 Å². The van der Waals surface area contributed by atoms with E-state index in [9.17, 15) is 0 Å². The van der Waals surface area contributed by atoms with Gasteiger partial charge in [0, 0.05) is 34.1 Å². The summed E-state index contributed by atoms with van der Waals surface area (Å²) in [7, 11) is 0. The maximum Gasteiger partial charge on any atom is 0.180 e. The summed E-state index contributed by atoms with van der Waals surface area (Å²) in [5.41, 5.74) is 20.5. The van der Waals surface area contributed by atoms with Crippen molar-refractivity contribution in [1.82, 2.24) is 0 Å². The first kappa shape index (κ1) is 45.3. The fourth-order valence-electron chi connectivity index (χ4n) is 10.0. The largest absolute Gasteiger partial charge is 0.485 e. The minimum Gasteiger partial charge on any atom is -0.485 e. The van der Waals surface area contributed by atoms with Crippen LogP contribution in [0, 0.1) is 13.8 Å². The molecule has 12 rings (SSSR count). The molecule has 0 spiro atoms. The number of hydrogen-bond donors (Lipinski definition) is 0. The van der Waals surface area contributed by atoms with Crippen LogP contribution in [0.1, 0.15) is 11.1 Å². The molecule has 2 heterocycles. The highest BCUT2D eigenvalue weighted by molar-refractivity contribution is 7.19. The Morgan fingerprint density at radius 2 is 0.534 bits per heavy atom. The van der Waals surface area contributed by atoms with Crippen LogP contribution in [0.5, 0.6) is 11.5 Å². The highest BCUT2D eigenvalue weighted by atomic mass is 32.1. The summed E-state index contributed by atoms with van der Waals surface area (Å²) in [6.45, 7) is 5.41. The SMILES string of the molecule is Cc1cc(N(c2ccc(-c3ccccc3)cc2)c2ccc(-c3ccccc3)cc2)ccc1-c1sc(-c2ccc(N(c3ccc(-c4ccccc4)cc3)c3ccc(-c4ccccc4)cc3)cc2C)c2c1OCCO2. The van der Waals surface area contributed by atoms with Crippen LogP contribution in [-0.2, 0) is 0 Å². The fourth-order valence-corrected chi connectivity index (χ4v) is 11.4. The normalized spacial score (nSPS) is 11.8. The van der Waals surface area contributed by atoms with E-state index in [1.807, 2.05) is 0 Å². The van der Waals surface area contributed by atoms with E-state index in [-0.39, 0.29) is 0 Å². The number of hydrogen-bond acceptors (Lipinski definition) is 5. The first-order valence-electron chi connectivity index (χ1n) is 24.9. The van der Waals surface area contributed by atoms with Crippen LogP contribution in [0.15, 0.2) is 255 Å². The Balaban J connectivity index is 0.897. The topological polar surface area (TPSA) is 24.9 Å². The monoisotopic (exact) mass is 960 g/mol. The second kappa shape index (κ2) is 20.1. The fraction of sp³-hybridized carbons (Fsp3) is 0.0588. The Labute approximate surface area is 432 Å². The summed E-state index contributed by atoms with van der Waals surface area (Å²) in [6.07, 6.45) is 0. The molecule has 11 aromatic rings. The molecule has 0 amide bonds. The van der Waals surface area contributed by atoms with Crippen LogP contribution in [0.4, 0.5) is 34.1 Å². The Hall–Kier alpha value is -8.90. The van der Waals surface area contributed by atoms with Crippen molar-refractivity contribution in [3.8, 4) is 76.9 Å². The second-order valence-corrected chi connectivity index (χ2v) is 19.5. The first-order valence-corrected chi connectivity index (χ1v) is 25.7. The highest BCUT2D eigenvalue weighted by Gasteiger charge is 2.29. The summed E-state index contributed by atoms with van der Waals surface area (Å²) in [5.74, 6) is 1.63. The lowest BCUT2D eigenvalue weighted by Gasteiger charge is -2.27. The molecule has 0 saturated carbocycles. The molecule has 352 valence electrons. The van der Waals surface area contributed by atoms with Gasteiger partial charge in [0.25, 0.3) is 0 Å². The Morgan fingerprint density at radius 1 is 0.288 bits per heavy atom. The van der Waals surface area contributed by atoms with Gasteiger partial charge in [0.2, 0.25) is 0 Å². The molecule has 5 heteroatoms. The molecular formula is C68H52N2O2S. The molecular weight excluding hydrogens is 909 g/mol. The average Bonchev–Trinajstić information content (AvgIpc) is 3.84. The van der Waals surface area contributed by atoms with Crippen LogP contribution in [0.25, 0.3) is 65.4 Å². The van der Waals surface area contributed by atoms with Gasteiger partial charge < -0.3 is 19.3 Å². The molecule has 0 radical (unpaired) electrons. The summed E-state index contributed by atoms with van der Waals surface area (Å²) in [6, 6.07) is 91.3. The van der Waals surface area contributed by atoms with Gasteiger partial charge in [0.15, 0.2) is 11.5 Å². The van der Waals surface area contributed by atoms with E-state index >= 15 is 0 Å². The van der Waals surface area contributed by atoms with E-state index in [2.05, 4.69) is 278 Å². The molecule has 0 aliphatic carbocycles. The number of benzene rings is 10. The Morgan fingerprint density at radius 3 is 0.795 bits per heavy atom. The molecule has 73 heavy (non-hydrogen) atoms. The maximum atomic E-state index is 6.55. The third kappa shape index (κ3) is 9.19. The number of fused-ring (bicyclic) bond motifs is 1. The van der Waals surface area contributed by atoms with Gasteiger partial charge in [-0.1, -0.05) is 182 Å². The summed E-state index contributed by atoms with van der Waals surface area (Å²) in [4.78, 5) is 6.83. The van der Waals surface area contributed by atoms with Gasteiger partial charge in [0.05, 0.1) is 9.75 Å². The van der Waals surface area contributed by atoms with Crippen molar-refractivity contribution in [1.29, 1.82) is 0 Å². The standard InChI is InChI=1S/C68H52N2O2S/c1-47-45-61(69(57-31-23-53(24-32-57)49-15-7-3-8-16-49)58-33-25-54(26-34-58)50-17-9-4-10-18-50)39-41-63(47)67-65-66(72-44-43-71-65)68(73-67)64-42-40-62(46-48(64)2)70(59-35-27-55(28-36-59)51-19-11-5-12-20-51)60-37-29-56(30-38-60)52-21-13-6-14-22-52/h3-42,45-46H,43-44H2,1-2H3. The minimum atomic E-state index is 0.498. The van der Waals surface area contributed by atoms with Crippen LogP contribution in [-0.4, -0.2) is 13.2 Å². The second-order valence-electron chi connectivity index (χ2n) is 18.4.